The van der Waals surface area contributed by atoms with Crippen molar-refractivity contribution >= 4 is 32.7 Å². The largest absolute Gasteiger partial charge is 0.388 e. The predicted octanol–water partition coefficient (Wildman–Crippen LogP) is 3.66. The van der Waals surface area contributed by atoms with Gasteiger partial charge < -0.3 is 9.67 Å². The number of carbonyl (C=O) groups is 1. The average molecular weight is 361 g/mol. The third-order valence-corrected chi connectivity index (χ3v) is 3.85. The van der Waals surface area contributed by atoms with Crippen molar-refractivity contribution in [2.45, 2.75) is 14.0 Å². The number of rotatable bonds is 4. The summed E-state index contributed by atoms with van der Waals surface area (Å²) in [5.41, 5.74) is 3.61. The highest BCUT2D eigenvalue weighted by atomic mass is 79.9. The Balaban J connectivity index is 0.00000176. The molecule has 0 aliphatic rings. The molecule has 0 radical (unpaired) electrons. The van der Waals surface area contributed by atoms with Gasteiger partial charge in [0, 0.05) is 16.6 Å². The van der Waals surface area contributed by atoms with Gasteiger partial charge >= 0.3 is 0 Å². The van der Waals surface area contributed by atoms with E-state index in [-0.39, 0.29) is 13.2 Å². The number of imidazole rings is 1. The van der Waals surface area contributed by atoms with Crippen LogP contribution >= 0.6 is 15.9 Å². The number of carbonyl (C=O) groups excluding carboxylic acids is 1. The molecule has 1 N–H and O–H groups in total. The van der Waals surface area contributed by atoms with Crippen LogP contribution < -0.4 is 0 Å². The lowest BCUT2D eigenvalue weighted by Gasteiger charge is -2.06. The van der Waals surface area contributed by atoms with Crippen LogP contribution in [-0.2, 0) is 6.54 Å². The molecule has 0 unspecified atom stereocenters. The summed E-state index contributed by atoms with van der Waals surface area (Å²) in [6.45, 7) is 0.228. The summed E-state index contributed by atoms with van der Waals surface area (Å²) in [5.74, 6) is -0.264. The smallest absolute Gasteiger partial charge is 0.188 e. The molecule has 3 rings (SSSR count). The number of hydrogen-bond acceptors (Lipinski definition) is 3. The SMILES string of the molecule is C.O=C(CO)c1ccc(Cn2cnc3cc(Br)ccc32)cc1. The maximum atomic E-state index is 11.4. The molecule has 0 spiro atoms. The molecule has 0 bridgehead atoms. The monoisotopic (exact) mass is 360 g/mol. The van der Waals surface area contributed by atoms with Crippen LogP contribution in [0.1, 0.15) is 23.3 Å². The lowest BCUT2D eigenvalue weighted by atomic mass is 10.1. The fourth-order valence-electron chi connectivity index (χ4n) is 2.25. The summed E-state index contributed by atoms with van der Waals surface area (Å²) < 4.78 is 3.07. The number of ketones is 1. The summed E-state index contributed by atoms with van der Waals surface area (Å²) in [6.07, 6.45) is 1.81. The fraction of sp³-hybridized carbons (Fsp3) is 0.176. The van der Waals surface area contributed by atoms with Crippen molar-refractivity contribution in [2.75, 3.05) is 6.61 Å². The van der Waals surface area contributed by atoms with Gasteiger partial charge in [0.1, 0.15) is 6.61 Å². The van der Waals surface area contributed by atoms with Crippen molar-refractivity contribution in [1.82, 2.24) is 9.55 Å². The number of aliphatic hydroxyl groups is 1. The van der Waals surface area contributed by atoms with Crippen molar-refractivity contribution in [1.29, 1.82) is 0 Å². The Hall–Kier alpha value is -1.98. The second-order valence-corrected chi connectivity index (χ2v) is 5.70. The van der Waals surface area contributed by atoms with Gasteiger partial charge in [-0.05, 0) is 23.8 Å². The molecule has 0 fully saturated rings. The van der Waals surface area contributed by atoms with Gasteiger partial charge in [-0.1, -0.05) is 47.6 Å². The number of aromatic nitrogens is 2. The molecule has 5 heteroatoms. The summed E-state index contributed by atoms with van der Waals surface area (Å²) in [5, 5.41) is 8.84. The highest BCUT2D eigenvalue weighted by molar-refractivity contribution is 9.10. The Morgan fingerprint density at radius 2 is 1.91 bits per heavy atom. The quantitative estimate of drug-likeness (QED) is 0.722. The number of hydrogen-bond donors (Lipinski definition) is 1. The van der Waals surface area contributed by atoms with Crippen molar-refractivity contribution in [3.63, 3.8) is 0 Å². The van der Waals surface area contributed by atoms with Crippen LogP contribution in [0.15, 0.2) is 53.3 Å². The molecule has 3 aromatic rings. The zero-order valence-electron chi connectivity index (χ0n) is 11.2. The van der Waals surface area contributed by atoms with Gasteiger partial charge in [0.25, 0.3) is 0 Å². The summed E-state index contributed by atoms with van der Waals surface area (Å²) >= 11 is 3.44. The van der Waals surface area contributed by atoms with E-state index in [1.807, 2.05) is 36.7 Å². The Kier molecular flexibility index (Phi) is 5.11. The van der Waals surface area contributed by atoms with Crippen molar-refractivity contribution in [2.24, 2.45) is 0 Å². The van der Waals surface area contributed by atoms with Crippen molar-refractivity contribution < 1.29 is 9.90 Å². The van der Waals surface area contributed by atoms with E-state index in [1.54, 1.807) is 12.1 Å². The van der Waals surface area contributed by atoms with E-state index >= 15 is 0 Å². The number of Topliss-reactive ketones (excluding diaryl/α,β-unsaturated/α-hetero) is 1. The van der Waals surface area contributed by atoms with Gasteiger partial charge in [-0.15, -0.1) is 0 Å². The second-order valence-electron chi connectivity index (χ2n) is 4.78. The molecular formula is C17H17BrN2O2. The molecule has 1 heterocycles. The van der Waals surface area contributed by atoms with Gasteiger partial charge in [-0.25, -0.2) is 4.98 Å². The number of nitrogens with zero attached hydrogens (tertiary/aromatic N) is 2. The fourth-order valence-corrected chi connectivity index (χ4v) is 2.60. The first-order valence-electron chi connectivity index (χ1n) is 6.51. The van der Waals surface area contributed by atoms with E-state index < -0.39 is 6.61 Å². The molecule has 1 aromatic heterocycles. The van der Waals surface area contributed by atoms with E-state index in [0.717, 1.165) is 21.1 Å². The van der Waals surface area contributed by atoms with Crippen LogP contribution in [0.4, 0.5) is 0 Å². The van der Waals surface area contributed by atoms with Crippen molar-refractivity contribution in [3.8, 4) is 0 Å². The zero-order chi connectivity index (χ0) is 14.8. The first-order valence-corrected chi connectivity index (χ1v) is 7.30. The topological polar surface area (TPSA) is 55.1 Å². The maximum absolute atomic E-state index is 11.4. The molecule has 0 atom stereocenters. The van der Waals surface area contributed by atoms with E-state index in [4.69, 9.17) is 5.11 Å². The lowest BCUT2D eigenvalue weighted by molar-refractivity contribution is 0.0903. The van der Waals surface area contributed by atoms with Crippen LogP contribution in [0, 0.1) is 0 Å². The Morgan fingerprint density at radius 3 is 2.59 bits per heavy atom. The second kappa shape index (κ2) is 6.85. The molecule has 2 aromatic carbocycles. The number of benzene rings is 2. The highest BCUT2D eigenvalue weighted by Gasteiger charge is 2.06. The maximum Gasteiger partial charge on any atom is 0.188 e. The molecule has 0 saturated carbocycles. The first-order chi connectivity index (χ1) is 10.2. The third kappa shape index (κ3) is 3.26. The minimum atomic E-state index is -0.458. The minimum Gasteiger partial charge on any atom is -0.388 e. The summed E-state index contributed by atoms with van der Waals surface area (Å²) in [7, 11) is 0. The standard InChI is InChI=1S/C16H13BrN2O2.CH4/c17-13-5-6-15-14(7-13)18-10-19(15)8-11-1-3-12(4-2-11)16(21)9-20;/h1-7,10,20H,8-9H2;1H4. The lowest BCUT2D eigenvalue weighted by Crippen LogP contribution is -2.04. The molecule has 22 heavy (non-hydrogen) atoms. The zero-order valence-corrected chi connectivity index (χ0v) is 12.7. The number of halogens is 1. The molecule has 114 valence electrons. The molecule has 0 saturated heterocycles. The van der Waals surface area contributed by atoms with Crippen LogP contribution in [0.5, 0.6) is 0 Å². The Morgan fingerprint density at radius 1 is 1.18 bits per heavy atom. The Labute approximate surface area is 137 Å². The summed E-state index contributed by atoms with van der Waals surface area (Å²) in [4.78, 5) is 15.8. The van der Waals surface area contributed by atoms with E-state index in [9.17, 15) is 4.79 Å². The van der Waals surface area contributed by atoms with Crippen molar-refractivity contribution in [3.05, 3.63) is 64.4 Å². The van der Waals surface area contributed by atoms with E-state index in [0.29, 0.717) is 12.1 Å². The molecule has 0 amide bonds. The average Bonchev–Trinajstić information content (AvgIpc) is 2.89. The van der Waals surface area contributed by atoms with Crippen LogP contribution in [0.3, 0.4) is 0 Å². The number of fused-ring (bicyclic) bond motifs is 1. The third-order valence-electron chi connectivity index (χ3n) is 3.36. The van der Waals surface area contributed by atoms with Gasteiger partial charge in [0.2, 0.25) is 0 Å². The van der Waals surface area contributed by atoms with E-state index in [2.05, 4.69) is 25.5 Å². The first kappa shape index (κ1) is 16.4. The van der Waals surface area contributed by atoms with Gasteiger partial charge in [-0.2, -0.15) is 0 Å². The molecular weight excluding hydrogens is 344 g/mol. The van der Waals surface area contributed by atoms with Crippen LogP contribution in [0.25, 0.3) is 11.0 Å². The van der Waals surface area contributed by atoms with Gasteiger partial charge in [0.05, 0.1) is 17.4 Å². The predicted molar refractivity (Wildman–Crippen MR) is 91.1 cm³/mol. The molecule has 0 aliphatic heterocycles. The normalized spacial score (nSPS) is 10.5. The minimum absolute atomic E-state index is 0. The van der Waals surface area contributed by atoms with Crippen LogP contribution in [0.2, 0.25) is 0 Å². The van der Waals surface area contributed by atoms with E-state index in [1.165, 1.54) is 0 Å². The number of aliphatic hydroxyl groups excluding tert-OH is 1. The van der Waals surface area contributed by atoms with Crippen LogP contribution in [-0.4, -0.2) is 27.0 Å². The highest BCUT2D eigenvalue weighted by Crippen LogP contribution is 2.19. The summed E-state index contributed by atoms with van der Waals surface area (Å²) in [6, 6.07) is 13.3. The molecule has 0 aliphatic carbocycles. The molecule has 4 nitrogen and oxygen atoms in total. The van der Waals surface area contributed by atoms with Gasteiger partial charge in [-0.3, -0.25) is 4.79 Å². The van der Waals surface area contributed by atoms with Gasteiger partial charge in [0.15, 0.2) is 5.78 Å². The Bertz CT molecular complexity index is 794.